The summed E-state index contributed by atoms with van der Waals surface area (Å²) >= 11 is 0. The van der Waals surface area contributed by atoms with Crippen LogP contribution in [0.4, 0.5) is 0 Å². The molecule has 2 N–H and O–H groups in total. The Hall–Kier alpha value is -1.00. The Morgan fingerprint density at radius 3 is 2.81 bits per heavy atom. The van der Waals surface area contributed by atoms with Crippen molar-refractivity contribution in [2.45, 2.75) is 43.9 Å². The van der Waals surface area contributed by atoms with Crippen LogP contribution in [0.3, 0.4) is 0 Å². The molecule has 4 nitrogen and oxygen atoms in total. The summed E-state index contributed by atoms with van der Waals surface area (Å²) in [5, 5.41) is 13.7. The molecule has 1 saturated heterocycles. The van der Waals surface area contributed by atoms with E-state index in [0.717, 1.165) is 12.3 Å². The first-order valence-electron chi connectivity index (χ1n) is 6.04. The molecule has 0 aromatic carbocycles. The average molecular weight is 219 g/mol. The Labute approximate surface area is 95.1 Å². The van der Waals surface area contributed by atoms with E-state index >= 15 is 0 Å². The van der Waals surface area contributed by atoms with Crippen LogP contribution in [0.2, 0.25) is 0 Å². The van der Waals surface area contributed by atoms with Crippen molar-refractivity contribution in [3.63, 3.8) is 0 Å². The third kappa shape index (κ3) is 1.95. The van der Waals surface area contributed by atoms with E-state index in [4.69, 9.17) is 0 Å². The van der Waals surface area contributed by atoms with Crippen LogP contribution < -0.4 is 5.32 Å². The molecule has 2 fully saturated rings. The molecule has 2 aliphatic rings. The second-order valence-corrected chi connectivity index (χ2v) is 4.87. The summed E-state index contributed by atoms with van der Waals surface area (Å²) in [4.78, 5) is 8.15. The fourth-order valence-corrected chi connectivity index (χ4v) is 2.59. The zero-order valence-electron chi connectivity index (χ0n) is 9.21. The van der Waals surface area contributed by atoms with Gasteiger partial charge in [0.05, 0.1) is 11.9 Å². The molecule has 86 valence electrons. The first-order chi connectivity index (χ1) is 7.84. The maximum atomic E-state index is 10.2. The number of rotatable bonds is 3. The van der Waals surface area contributed by atoms with E-state index in [1.807, 2.05) is 0 Å². The predicted octanol–water partition coefficient (Wildman–Crippen LogP) is 1.04. The number of aromatic nitrogens is 2. The van der Waals surface area contributed by atoms with Crippen molar-refractivity contribution in [3.05, 3.63) is 24.3 Å². The van der Waals surface area contributed by atoms with Crippen molar-refractivity contribution < 1.29 is 5.11 Å². The highest BCUT2D eigenvalue weighted by atomic mass is 16.3. The zero-order valence-corrected chi connectivity index (χ0v) is 9.21. The van der Waals surface area contributed by atoms with Crippen LogP contribution >= 0.6 is 0 Å². The Bertz CT molecular complexity index is 353. The highest BCUT2D eigenvalue weighted by Gasteiger charge is 2.38. The summed E-state index contributed by atoms with van der Waals surface area (Å²) in [6.45, 7) is 0. The van der Waals surface area contributed by atoms with E-state index in [9.17, 15) is 5.11 Å². The topological polar surface area (TPSA) is 58.0 Å². The van der Waals surface area contributed by atoms with Crippen molar-refractivity contribution in [2.75, 3.05) is 0 Å². The quantitative estimate of drug-likeness (QED) is 0.797. The first-order valence-corrected chi connectivity index (χ1v) is 6.04. The van der Waals surface area contributed by atoms with Crippen molar-refractivity contribution in [1.29, 1.82) is 0 Å². The molecule has 3 atom stereocenters. The van der Waals surface area contributed by atoms with E-state index in [-0.39, 0.29) is 6.04 Å². The molecule has 2 heterocycles. The van der Waals surface area contributed by atoms with E-state index in [0.29, 0.717) is 11.7 Å². The van der Waals surface area contributed by atoms with Gasteiger partial charge in [0, 0.05) is 24.5 Å². The molecular formula is C12H17N3O. The molecule has 0 bridgehead atoms. The van der Waals surface area contributed by atoms with Gasteiger partial charge in [-0.1, -0.05) is 0 Å². The van der Waals surface area contributed by atoms with Gasteiger partial charge in [-0.2, -0.15) is 0 Å². The summed E-state index contributed by atoms with van der Waals surface area (Å²) in [5.41, 5.74) is 0.677. The minimum Gasteiger partial charge on any atom is -0.385 e. The SMILES string of the molecule is OC(c1cnccn1)C1CCC(C2CC2)N1. The van der Waals surface area contributed by atoms with E-state index in [1.165, 1.54) is 19.3 Å². The molecule has 4 heteroatoms. The minimum absolute atomic E-state index is 0.155. The largest absolute Gasteiger partial charge is 0.385 e. The van der Waals surface area contributed by atoms with E-state index in [2.05, 4.69) is 15.3 Å². The van der Waals surface area contributed by atoms with Gasteiger partial charge in [0.15, 0.2) is 0 Å². The summed E-state index contributed by atoms with van der Waals surface area (Å²) in [5.74, 6) is 0.860. The van der Waals surface area contributed by atoms with Crippen LogP contribution in [0.5, 0.6) is 0 Å². The normalized spacial score (nSPS) is 31.6. The molecule has 0 radical (unpaired) electrons. The van der Waals surface area contributed by atoms with Crippen LogP contribution in [-0.4, -0.2) is 27.2 Å². The fourth-order valence-electron chi connectivity index (χ4n) is 2.59. The monoisotopic (exact) mass is 219 g/mol. The van der Waals surface area contributed by atoms with Crippen molar-refractivity contribution in [1.82, 2.24) is 15.3 Å². The van der Waals surface area contributed by atoms with Gasteiger partial charge >= 0.3 is 0 Å². The molecule has 1 aliphatic heterocycles. The smallest absolute Gasteiger partial charge is 0.113 e. The molecular weight excluding hydrogens is 202 g/mol. The van der Waals surface area contributed by atoms with Gasteiger partial charge < -0.3 is 10.4 Å². The van der Waals surface area contributed by atoms with Gasteiger partial charge in [-0.25, -0.2) is 0 Å². The van der Waals surface area contributed by atoms with Gasteiger partial charge in [0.2, 0.25) is 0 Å². The molecule has 1 saturated carbocycles. The predicted molar refractivity (Wildman–Crippen MR) is 59.7 cm³/mol. The summed E-state index contributed by atoms with van der Waals surface area (Å²) < 4.78 is 0. The third-order valence-corrected chi connectivity index (χ3v) is 3.68. The molecule has 3 rings (SSSR count). The molecule has 1 aromatic rings. The number of nitrogens with zero attached hydrogens (tertiary/aromatic N) is 2. The molecule has 1 aromatic heterocycles. The fraction of sp³-hybridized carbons (Fsp3) is 0.667. The van der Waals surface area contributed by atoms with Gasteiger partial charge in [-0.3, -0.25) is 9.97 Å². The van der Waals surface area contributed by atoms with Crippen molar-refractivity contribution in [2.24, 2.45) is 5.92 Å². The Kier molecular flexibility index (Phi) is 2.61. The third-order valence-electron chi connectivity index (χ3n) is 3.68. The van der Waals surface area contributed by atoms with Gasteiger partial charge in [-0.15, -0.1) is 0 Å². The number of aliphatic hydroxyl groups is 1. The van der Waals surface area contributed by atoms with Crippen LogP contribution in [0.25, 0.3) is 0 Å². The zero-order chi connectivity index (χ0) is 11.0. The molecule has 0 amide bonds. The minimum atomic E-state index is -0.516. The molecule has 3 unspecified atom stereocenters. The number of nitrogens with one attached hydrogen (secondary N) is 1. The highest BCUT2D eigenvalue weighted by Crippen LogP contribution is 2.38. The maximum Gasteiger partial charge on any atom is 0.113 e. The Morgan fingerprint density at radius 1 is 1.25 bits per heavy atom. The lowest BCUT2D eigenvalue weighted by Gasteiger charge is -2.19. The second-order valence-electron chi connectivity index (χ2n) is 4.87. The second kappa shape index (κ2) is 4.11. The molecule has 1 aliphatic carbocycles. The number of aliphatic hydroxyl groups excluding tert-OH is 1. The van der Waals surface area contributed by atoms with E-state index in [1.54, 1.807) is 18.6 Å². The average Bonchev–Trinajstić information content (AvgIpc) is 3.08. The maximum absolute atomic E-state index is 10.2. The number of hydrogen-bond acceptors (Lipinski definition) is 4. The van der Waals surface area contributed by atoms with Gasteiger partial charge in [0.25, 0.3) is 0 Å². The lowest BCUT2D eigenvalue weighted by molar-refractivity contribution is 0.130. The van der Waals surface area contributed by atoms with Crippen LogP contribution in [0.15, 0.2) is 18.6 Å². The highest BCUT2D eigenvalue weighted by molar-refractivity contribution is 5.06. The number of hydrogen-bond donors (Lipinski definition) is 2. The van der Waals surface area contributed by atoms with Crippen LogP contribution in [0, 0.1) is 5.92 Å². The Morgan fingerprint density at radius 2 is 2.12 bits per heavy atom. The van der Waals surface area contributed by atoms with Crippen LogP contribution in [-0.2, 0) is 0 Å². The lowest BCUT2D eigenvalue weighted by Crippen LogP contribution is -2.35. The Balaban J connectivity index is 1.65. The lowest BCUT2D eigenvalue weighted by atomic mass is 10.1. The first kappa shape index (κ1) is 10.2. The standard InChI is InChI=1S/C12H17N3O/c16-12(11-7-13-5-6-14-11)10-4-3-9(15-10)8-1-2-8/h5-10,12,15-16H,1-4H2. The summed E-state index contributed by atoms with van der Waals surface area (Å²) in [6.07, 6.45) is 9.33. The summed E-state index contributed by atoms with van der Waals surface area (Å²) in [6, 6.07) is 0.777. The molecule has 0 spiro atoms. The van der Waals surface area contributed by atoms with Crippen LogP contribution in [0.1, 0.15) is 37.5 Å². The van der Waals surface area contributed by atoms with Crippen molar-refractivity contribution in [3.8, 4) is 0 Å². The summed E-state index contributed by atoms with van der Waals surface area (Å²) in [7, 11) is 0. The van der Waals surface area contributed by atoms with Gasteiger partial charge in [-0.05, 0) is 31.6 Å². The van der Waals surface area contributed by atoms with Gasteiger partial charge in [0.1, 0.15) is 6.10 Å². The molecule has 16 heavy (non-hydrogen) atoms. The van der Waals surface area contributed by atoms with Crippen molar-refractivity contribution >= 4 is 0 Å². The van der Waals surface area contributed by atoms with E-state index < -0.39 is 6.10 Å².